The number of aromatic hydroxyl groups is 1. The van der Waals surface area contributed by atoms with E-state index < -0.39 is 0 Å². The number of ether oxygens (including phenoxy) is 1. The quantitative estimate of drug-likeness (QED) is 0.887. The molecule has 0 spiro atoms. The van der Waals surface area contributed by atoms with E-state index in [0.717, 1.165) is 25.9 Å². The van der Waals surface area contributed by atoms with E-state index in [2.05, 4.69) is 32.2 Å². The molecule has 2 aliphatic rings. The van der Waals surface area contributed by atoms with Crippen molar-refractivity contribution in [2.24, 2.45) is 5.41 Å². The second-order valence-corrected chi connectivity index (χ2v) is 6.69. The third-order valence-electron chi connectivity index (χ3n) is 5.15. The Morgan fingerprint density at radius 1 is 1.40 bits per heavy atom. The van der Waals surface area contributed by atoms with Gasteiger partial charge in [0.15, 0.2) is 0 Å². The summed E-state index contributed by atoms with van der Waals surface area (Å²) in [6, 6.07) is 6.72. The van der Waals surface area contributed by atoms with E-state index in [-0.39, 0.29) is 5.41 Å². The molecule has 3 heteroatoms. The highest BCUT2D eigenvalue weighted by Crippen LogP contribution is 2.45. The molecule has 0 aliphatic heterocycles. The van der Waals surface area contributed by atoms with Crippen LogP contribution in [0.5, 0.6) is 5.75 Å². The summed E-state index contributed by atoms with van der Waals surface area (Å²) >= 11 is 0. The number of phenolic OH excluding ortho intramolecular Hbond substituents is 1. The van der Waals surface area contributed by atoms with Crippen molar-refractivity contribution in [1.82, 2.24) is 5.32 Å². The van der Waals surface area contributed by atoms with Gasteiger partial charge in [0.05, 0.1) is 6.10 Å². The van der Waals surface area contributed by atoms with E-state index in [1.165, 1.54) is 11.1 Å². The van der Waals surface area contributed by atoms with Gasteiger partial charge in [0.1, 0.15) is 5.75 Å². The van der Waals surface area contributed by atoms with Crippen molar-refractivity contribution in [3.8, 4) is 5.75 Å². The molecule has 3 atom stereocenters. The summed E-state index contributed by atoms with van der Waals surface area (Å²) in [5.74, 6) is 0.379. The molecule has 0 heterocycles. The zero-order chi connectivity index (χ0) is 14.3. The first-order valence-corrected chi connectivity index (χ1v) is 7.71. The summed E-state index contributed by atoms with van der Waals surface area (Å²) in [7, 11) is 0. The lowest BCUT2D eigenvalue weighted by atomic mass is 9.64. The topological polar surface area (TPSA) is 41.5 Å². The molecule has 0 radical (unpaired) electrons. The second-order valence-electron chi connectivity index (χ2n) is 6.69. The summed E-state index contributed by atoms with van der Waals surface area (Å²) in [5.41, 5.74) is 2.86. The molecule has 2 N–H and O–H groups in total. The zero-order valence-corrected chi connectivity index (χ0v) is 12.6. The Morgan fingerprint density at radius 2 is 2.20 bits per heavy atom. The first-order valence-electron chi connectivity index (χ1n) is 7.71. The maximum absolute atomic E-state index is 9.56. The standard InChI is InChI=1S/C17H25NO2/c1-4-20-16-10-15(17(16,2)3)18-14-8-5-11-9-12(19)6-7-13(11)14/h6-7,9,14-16,18-19H,4-5,8,10H2,1-3H3. The van der Waals surface area contributed by atoms with Crippen molar-refractivity contribution in [3.63, 3.8) is 0 Å². The van der Waals surface area contributed by atoms with Gasteiger partial charge < -0.3 is 15.2 Å². The zero-order valence-electron chi connectivity index (χ0n) is 12.6. The van der Waals surface area contributed by atoms with Crippen molar-refractivity contribution in [1.29, 1.82) is 0 Å². The van der Waals surface area contributed by atoms with Crippen molar-refractivity contribution in [2.45, 2.75) is 58.2 Å². The Labute approximate surface area is 121 Å². The molecule has 1 saturated carbocycles. The number of hydrogen-bond donors (Lipinski definition) is 2. The van der Waals surface area contributed by atoms with E-state index in [4.69, 9.17) is 4.74 Å². The Balaban J connectivity index is 1.67. The minimum atomic E-state index is 0.204. The second kappa shape index (κ2) is 5.05. The van der Waals surface area contributed by atoms with Gasteiger partial charge in [-0.15, -0.1) is 0 Å². The highest BCUT2D eigenvalue weighted by Gasteiger charge is 2.49. The molecule has 3 nitrogen and oxygen atoms in total. The first-order chi connectivity index (χ1) is 9.52. The van der Waals surface area contributed by atoms with E-state index >= 15 is 0 Å². The molecule has 0 saturated heterocycles. The predicted octanol–water partition coefficient (Wildman–Crippen LogP) is 3.17. The van der Waals surface area contributed by atoms with Gasteiger partial charge >= 0.3 is 0 Å². The maximum atomic E-state index is 9.56. The van der Waals surface area contributed by atoms with Gasteiger partial charge in [0.2, 0.25) is 0 Å². The highest BCUT2D eigenvalue weighted by molar-refractivity contribution is 5.40. The normalized spacial score (nSPS) is 30.9. The van der Waals surface area contributed by atoms with Gasteiger partial charge in [0.25, 0.3) is 0 Å². The van der Waals surface area contributed by atoms with E-state index in [0.29, 0.717) is 23.9 Å². The van der Waals surface area contributed by atoms with Gasteiger partial charge in [-0.25, -0.2) is 0 Å². The predicted molar refractivity (Wildman–Crippen MR) is 79.9 cm³/mol. The number of rotatable bonds is 4. The SMILES string of the molecule is CCOC1CC(NC2CCc3cc(O)ccc32)C1(C)C. The number of fused-ring (bicyclic) bond motifs is 1. The summed E-state index contributed by atoms with van der Waals surface area (Å²) in [6.45, 7) is 7.45. The molecule has 0 amide bonds. The summed E-state index contributed by atoms with van der Waals surface area (Å²) in [4.78, 5) is 0. The lowest BCUT2D eigenvalue weighted by Gasteiger charge is -2.52. The third-order valence-corrected chi connectivity index (χ3v) is 5.15. The molecule has 20 heavy (non-hydrogen) atoms. The van der Waals surface area contributed by atoms with E-state index in [1.54, 1.807) is 6.07 Å². The van der Waals surface area contributed by atoms with Crippen LogP contribution < -0.4 is 5.32 Å². The van der Waals surface area contributed by atoms with Crippen LogP contribution in [0.3, 0.4) is 0 Å². The van der Waals surface area contributed by atoms with E-state index in [9.17, 15) is 5.11 Å². The number of aryl methyl sites for hydroxylation is 1. The van der Waals surface area contributed by atoms with Crippen molar-refractivity contribution in [3.05, 3.63) is 29.3 Å². The minimum absolute atomic E-state index is 0.204. The molecule has 110 valence electrons. The number of hydrogen-bond acceptors (Lipinski definition) is 3. The van der Waals surface area contributed by atoms with Crippen LogP contribution in [0.2, 0.25) is 0 Å². The molecule has 0 aromatic heterocycles. The Hall–Kier alpha value is -1.06. The molecule has 0 bridgehead atoms. The van der Waals surface area contributed by atoms with Crippen LogP contribution in [0, 0.1) is 5.41 Å². The molecule has 2 aliphatic carbocycles. The fourth-order valence-electron chi connectivity index (χ4n) is 3.67. The fraction of sp³-hybridized carbons (Fsp3) is 0.647. The smallest absolute Gasteiger partial charge is 0.115 e. The van der Waals surface area contributed by atoms with Crippen molar-refractivity contribution < 1.29 is 9.84 Å². The van der Waals surface area contributed by atoms with Gasteiger partial charge in [-0.05, 0) is 49.4 Å². The lowest BCUT2D eigenvalue weighted by Crippen LogP contribution is -2.61. The van der Waals surface area contributed by atoms with Crippen LogP contribution in [-0.2, 0) is 11.2 Å². The molecule has 1 fully saturated rings. The lowest BCUT2D eigenvalue weighted by molar-refractivity contribution is -0.116. The average Bonchev–Trinajstić information content (AvgIpc) is 2.80. The monoisotopic (exact) mass is 275 g/mol. The minimum Gasteiger partial charge on any atom is -0.508 e. The molecular formula is C17H25NO2. The van der Waals surface area contributed by atoms with E-state index in [1.807, 2.05) is 6.07 Å². The van der Waals surface area contributed by atoms with Gasteiger partial charge in [-0.3, -0.25) is 0 Å². The summed E-state index contributed by atoms with van der Waals surface area (Å²) in [5, 5.41) is 13.4. The Bertz CT molecular complexity index is 498. The molecule has 1 aromatic rings. The highest BCUT2D eigenvalue weighted by atomic mass is 16.5. The average molecular weight is 275 g/mol. The fourth-order valence-corrected chi connectivity index (χ4v) is 3.67. The number of phenols is 1. The van der Waals surface area contributed by atoms with Gasteiger partial charge in [-0.2, -0.15) is 0 Å². The maximum Gasteiger partial charge on any atom is 0.115 e. The molecular weight excluding hydrogens is 250 g/mol. The molecule has 1 aromatic carbocycles. The van der Waals surface area contributed by atoms with Gasteiger partial charge in [-0.1, -0.05) is 19.9 Å². The summed E-state index contributed by atoms with van der Waals surface area (Å²) < 4.78 is 5.80. The van der Waals surface area contributed by atoms with Crippen LogP contribution in [0.1, 0.15) is 50.8 Å². The largest absolute Gasteiger partial charge is 0.508 e. The Morgan fingerprint density at radius 3 is 2.90 bits per heavy atom. The first kappa shape index (κ1) is 13.9. The number of nitrogens with one attached hydrogen (secondary N) is 1. The summed E-state index contributed by atoms with van der Waals surface area (Å²) in [6.07, 6.45) is 3.67. The molecule has 3 unspecified atom stereocenters. The van der Waals surface area contributed by atoms with Crippen LogP contribution in [0.15, 0.2) is 18.2 Å². The third kappa shape index (κ3) is 2.23. The van der Waals surface area contributed by atoms with Crippen molar-refractivity contribution >= 4 is 0 Å². The van der Waals surface area contributed by atoms with Crippen LogP contribution in [0.4, 0.5) is 0 Å². The Kier molecular flexibility index (Phi) is 3.51. The van der Waals surface area contributed by atoms with Crippen molar-refractivity contribution in [2.75, 3.05) is 6.61 Å². The van der Waals surface area contributed by atoms with Crippen LogP contribution >= 0.6 is 0 Å². The van der Waals surface area contributed by atoms with Gasteiger partial charge in [0, 0.05) is 24.1 Å². The van der Waals surface area contributed by atoms with Crippen LogP contribution in [-0.4, -0.2) is 23.9 Å². The van der Waals surface area contributed by atoms with Crippen LogP contribution in [0.25, 0.3) is 0 Å². The molecule has 3 rings (SSSR count). The number of benzene rings is 1.